The van der Waals surface area contributed by atoms with Crippen LogP contribution in [0.15, 0.2) is 36.9 Å². The Kier molecular flexibility index (Phi) is 7.02. The van der Waals surface area contributed by atoms with Crippen molar-refractivity contribution < 1.29 is 34.1 Å². The Balaban J connectivity index is 1.76. The van der Waals surface area contributed by atoms with Crippen LogP contribution < -0.4 is 9.64 Å². The van der Waals surface area contributed by atoms with Crippen molar-refractivity contribution in [3.63, 3.8) is 0 Å². The lowest BCUT2D eigenvalue weighted by atomic mass is 9.70. The number of benzene rings is 1. The maximum Gasteiger partial charge on any atom is 0.310 e. The van der Waals surface area contributed by atoms with Crippen molar-refractivity contribution in [3.05, 3.63) is 36.9 Å². The number of fused-ring (bicyclic) bond motifs is 1. The number of hydrogen-bond donors (Lipinski definition) is 2. The molecular weight excluding hydrogens is 508 g/mol. The zero-order chi connectivity index (χ0) is 24.6. The van der Waals surface area contributed by atoms with E-state index in [2.05, 4.69) is 22.5 Å². The van der Waals surface area contributed by atoms with Crippen molar-refractivity contribution in [2.75, 3.05) is 31.7 Å². The van der Waals surface area contributed by atoms with Crippen LogP contribution in [0.5, 0.6) is 5.75 Å². The minimum Gasteiger partial charge on any atom is -0.497 e. The molecule has 4 rings (SSSR count). The molecule has 6 atom stereocenters. The van der Waals surface area contributed by atoms with Crippen LogP contribution in [0.4, 0.5) is 5.69 Å². The number of methoxy groups -OCH3 is 1. The number of carboxylic acid groups (broad SMARTS) is 1. The molecular formula is C24H29BrN2O7. The fourth-order valence-corrected chi connectivity index (χ4v) is 6.63. The van der Waals surface area contributed by atoms with Gasteiger partial charge in [-0.3, -0.25) is 14.4 Å². The molecule has 2 N–H and O–H groups in total. The highest BCUT2D eigenvalue weighted by Gasteiger charge is 2.76. The molecule has 0 saturated carbocycles. The van der Waals surface area contributed by atoms with E-state index >= 15 is 0 Å². The zero-order valence-electron chi connectivity index (χ0n) is 18.9. The molecule has 1 aromatic carbocycles. The van der Waals surface area contributed by atoms with E-state index in [4.69, 9.17) is 9.47 Å². The van der Waals surface area contributed by atoms with Gasteiger partial charge in [-0.05, 0) is 43.5 Å². The summed E-state index contributed by atoms with van der Waals surface area (Å²) in [4.78, 5) is 42.6. The number of amides is 2. The summed E-state index contributed by atoms with van der Waals surface area (Å²) in [6, 6.07) is 6.00. The van der Waals surface area contributed by atoms with E-state index in [1.807, 2.05) is 0 Å². The average Bonchev–Trinajstić information content (AvgIpc) is 3.41. The number of likely N-dealkylation sites (tertiary alicyclic amines) is 1. The number of hydrogen-bond acceptors (Lipinski definition) is 6. The molecule has 34 heavy (non-hydrogen) atoms. The number of carbonyl (C=O) groups excluding carboxylic acids is 2. The highest BCUT2D eigenvalue weighted by Crippen LogP contribution is 2.60. The summed E-state index contributed by atoms with van der Waals surface area (Å²) in [6.07, 6.45) is 2.22. The number of rotatable bonds is 10. The van der Waals surface area contributed by atoms with Crippen LogP contribution >= 0.6 is 15.9 Å². The van der Waals surface area contributed by atoms with E-state index in [9.17, 15) is 24.6 Å². The van der Waals surface area contributed by atoms with Crippen molar-refractivity contribution in [1.82, 2.24) is 4.90 Å². The van der Waals surface area contributed by atoms with E-state index in [0.29, 0.717) is 30.7 Å². The third kappa shape index (κ3) is 3.81. The van der Waals surface area contributed by atoms with Gasteiger partial charge in [-0.15, -0.1) is 6.58 Å². The number of aliphatic hydroxyl groups is 1. The van der Waals surface area contributed by atoms with Crippen molar-refractivity contribution in [2.24, 2.45) is 11.8 Å². The van der Waals surface area contributed by atoms with Gasteiger partial charge in [-0.1, -0.05) is 22.0 Å². The summed E-state index contributed by atoms with van der Waals surface area (Å²) in [6.45, 7) is 4.17. The summed E-state index contributed by atoms with van der Waals surface area (Å²) in [5.74, 6) is -3.16. The number of nitrogens with zero attached hydrogens (tertiary/aromatic N) is 2. The van der Waals surface area contributed by atoms with Crippen LogP contribution in [0.25, 0.3) is 0 Å². The molecule has 10 heteroatoms. The number of carboxylic acids is 1. The number of halogens is 1. The Bertz CT molecular complexity index is 971. The Labute approximate surface area is 206 Å². The van der Waals surface area contributed by atoms with Crippen LogP contribution in [-0.2, 0) is 19.1 Å². The first-order valence-electron chi connectivity index (χ1n) is 11.3. The molecule has 3 fully saturated rings. The molecule has 3 saturated heterocycles. The van der Waals surface area contributed by atoms with Crippen LogP contribution in [0.2, 0.25) is 0 Å². The Morgan fingerprint density at radius 2 is 2.06 bits per heavy atom. The van der Waals surface area contributed by atoms with Crippen molar-refractivity contribution in [2.45, 2.75) is 41.8 Å². The standard InChI is InChI=1S/C24H29BrN2O7/c1-3-10-26(14-6-8-15(33-2)9-7-14)22(30)20-24-13-16(25)19(34-24)17(23(31)32)18(24)21(29)27(20)11-4-5-12-28/h3,6-9,16-20,28H,1,4-5,10-13H2,2H3,(H,31,32)/t16?,17-,18+,19-,20-,24+/m0/s1. The average molecular weight is 537 g/mol. The fourth-order valence-electron chi connectivity index (χ4n) is 5.69. The molecule has 3 aliphatic heterocycles. The predicted molar refractivity (Wildman–Crippen MR) is 127 cm³/mol. The van der Waals surface area contributed by atoms with Crippen LogP contribution in [-0.4, -0.2) is 82.3 Å². The molecule has 0 aliphatic carbocycles. The van der Waals surface area contributed by atoms with E-state index in [1.54, 1.807) is 37.5 Å². The van der Waals surface area contributed by atoms with Gasteiger partial charge in [0.25, 0.3) is 5.91 Å². The van der Waals surface area contributed by atoms with Gasteiger partial charge in [-0.2, -0.15) is 0 Å². The van der Waals surface area contributed by atoms with Gasteiger partial charge in [0.05, 0.1) is 25.0 Å². The molecule has 184 valence electrons. The van der Waals surface area contributed by atoms with Gasteiger partial charge < -0.3 is 29.5 Å². The number of carbonyl (C=O) groups is 3. The van der Waals surface area contributed by atoms with E-state index in [1.165, 1.54) is 9.80 Å². The van der Waals surface area contributed by atoms with E-state index in [-0.39, 0.29) is 36.3 Å². The van der Waals surface area contributed by atoms with Gasteiger partial charge in [0.15, 0.2) is 0 Å². The third-order valence-electron chi connectivity index (χ3n) is 7.08. The van der Waals surface area contributed by atoms with Crippen LogP contribution in [0.3, 0.4) is 0 Å². The highest BCUT2D eigenvalue weighted by molar-refractivity contribution is 9.09. The molecule has 2 bridgehead atoms. The van der Waals surface area contributed by atoms with Crippen LogP contribution in [0.1, 0.15) is 19.3 Å². The fraction of sp³-hybridized carbons (Fsp3) is 0.542. The molecule has 1 spiro atoms. The molecule has 3 aliphatic rings. The topological polar surface area (TPSA) is 117 Å². The zero-order valence-corrected chi connectivity index (χ0v) is 20.5. The lowest BCUT2D eigenvalue weighted by molar-refractivity contribution is -0.149. The number of aliphatic hydroxyl groups excluding tert-OH is 1. The van der Waals surface area contributed by atoms with E-state index in [0.717, 1.165) is 0 Å². The summed E-state index contributed by atoms with van der Waals surface area (Å²) < 4.78 is 11.5. The van der Waals surface area contributed by atoms with Gasteiger partial charge in [0, 0.05) is 30.2 Å². The number of unbranched alkanes of at least 4 members (excludes halogenated alkanes) is 1. The first-order valence-corrected chi connectivity index (χ1v) is 12.2. The summed E-state index contributed by atoms with van der Waals surface area (Å²) in [7, 11) is 1.55. The van der Waals surface area contributed by atoms with Crippen molar-refractivity contribution in [1.29, 1.82) is 0 Å². The predicted octanol–water partition coefficient (Wildman–Crippen LogP) is 1.82. The largest absolute Gasteiger partial charge is 0.497 e. The maximum absolute atomic E-state index is 14.1. The second-order valence-corrected chi connectivity index (χ2v) is 10.1. The minimum atomic E-state index is -1.23. The Morgan fingerprint density at radius 3 is 2.65 bits per heavy atom. The monoisotopic (exact) mass is 536 g/mol. The second kappa shape index (κ2) is 9.67. The van der Waals surface area contributed by atoms with Gasteiger partial charge >= 0.3 is 5.97 Å². The van der Waals surface area contributed by atoms with Crippen molar-refractivity contribution >= 4 is 39.4 Å². The molecule has 1 aromatic rings. The lowest BCUT2D eigenvalue weighted by Gasteiger charge is -2.37. The van der Waals surface area contributed by atoms with Crippen molar-refractivity contribution in [3.8, 4) is 5.75 Å². The Hall–Kier alpha value is -2.43. The van der Waals surface area contributed by atoms with Gasteiger partial charge in [-0.25, -0.2) is 0 Å². The number of ether oxygens (including phenoxy) is 2. The molecule has 0 radical (unpaired) electrons. The Morgan fingerprint density at radius 1 is 1.35 bits per heavy atom. The smallest absolute Gasteiger partial charge is 0.310 e. The number of alkyl halides is 1. The maximum atomic E-state index is 14.1. The third-order valence-corrected chi connectivity index (χ3v) is 7.92. The SMILES string of the molecule is C=CCN(C(=O)[C@@H]1N(CCCCO)C(=O)[C@H]2[C@H](C(=O)O)[C@H]3O[C@@]12CC3Br)c1ccc(OC)cc1. The summed E-state index contributed by atoms with van der Waals surface area (Å²) in [5, 5.41) is 19.2. The molecule has 3 heterocycles. The molecule has 0 aromatic heterocycles. The van der Waals surface area contributed by atoms with Crippen LogP contribution in [0, 0.1) is 11.8 Å². The number of anilines is 1. The first kappa shape index (κ1) is 24.7. The molecule has 9 nitrogen and oxygen atoms in total. The molecule has 1 unspecified atom stereocenters. The lowest BCUT2D eigenvalue weighted by Crippen LogP contribution is -2.57. The minimum absolute atomic E-state index is 0.0382. The molecule has 2 amide bonds. The number of aliphatic carboxylic acids is 1. The first-order chi connectivity index (χ1) is 16.3. The highest BCUT2D eigenvalue weighted by atomic mass is 79.9. The summed E-state index contributed by atoms with van der Waals surface area (Å²) >= 11 is 3.54. The second-order valence-electron chi connectivity index (χ2n) is 8.90. The van der Waals surface area contributed by atoms with E-state index < -0.39 is 35.6 Å². The normalized spacial score (nSPS) is 31.4. The summed E-state index contributed by atoms with van der Waals surface area (Å²) in [5.41, 5.74) is -0.632. The van der Waals surface area contributed by atoms with Gasteiger partial charge in [0.1, 0.15) is 17.4 Å². The quantitative estimate of drug-likeness (QED) is 0.266. The van der Waals surface area contributed by atoms with Gasteiger partial charge in [0.2, 0.25) is 5.91 Å².